The highest BCUT2D eigenvalue weighted by Gasteiger charge is 2.08. The number of nitrogens with zero attached hydrogens (tertiary/aromatic N) is 3. The molecule has 0 unspecified atom stereocenters. The van der Waals surface area contributed by atoms with E-state index in [4.69, 9.17) is 4.74 Å². The summed E-state index contributed by atoms with van der Waals surface area (Å²) in [5, 5.41) is 6.90. The molecule has 0 atom stereocenters. The molecule has 2 rings (SSSR count). The first kappa shape index (κ1) is 16.7. The van der Waals surface area contributed by atoms with Crippen molar-refractivity contribution in [2.75, 3.05) is 6.61 Å². The van der Waals surface area contributed by atoms with Gasteiger partial charge in [-0.1, -0.05) is 0 Å². The van der Waals surface area contributed by atoms with Crippen molar-refractivity contribution in [2.24, 2.45) is 7.05 Å². The van der Waals surface area contributed by atoms with E-state index >= 15 is 0 Å². The Morgan fingerprint density at radius 3 is 2.83 bits per heavy atom. The second kappa shape index (κ2) is 8.07. The van der Waals surface area contributed by atoms with Crippen LogP contribution in [-0.2, 0) is 27.9 Å². The van der Waals surface area contributed by atoms with Gasteiger partial charge in [-0.3, -0.25) is 19.3 Å². The number of pyridine rings is 1. The Morgan fingerprint density at radius 1 is 1.30 bits per heavy atom. The van der Waals surface area contributed by atoms with Crippen molar-refractivity contribution in [3.8, 4) is 11.3 Å². The zero-order valence-electron chi connectivity index (χ0n) is 13.3. The summed E-state index contributed by atoms with van der Waals surface area (Å²) in [5.41, 5.74) is 2.77. The van der Waals surface area contributed by atoms with E-state index in [1.54, 1.807) is 30.2 Å². The van der Waals surface area contributed by atoms with Gasteiger partial charge in [0.2, 0.25) is 5.91 Å². The van der Waals surface area contributed by atoms with Crippen LogP contribution in [0.4, 0.5) is 0 Å². The highest BCUT2D eigenvalue weighted by atomic mass is 16.5. The monoisotopic (exact) mass is 316 g/mol. The topological polar surface area (TPSA) is 86.1 Å². The maximum atomic E-state index is 11.7. The predicted octanol–water partition coefficient (Wildman–Crippen LogP) is 1.44. The summed E-state index contributed by atoms with van der Waals surface area (Å²) in [6.45, 7) is 2.42. The first-order valence-corrected chi connectivity index (χ1v) is 7.44. The van der Waals surface area contributed by atoms with Gasteiger partial charge in [-0.25, -0.2) is 0 Å². The third kappa shape index (κ3) is 4.91. The first-order valence-electron chi connectivity index (χ1n) is 7.44. The molecule has 1 amide bonds. The van der Waals surface area contributed by atoms with Crippen molar-refractivity contribution in [1.82, 2.24) is 20.1 Å². The molecule has 122 valence electrons. The van der Waals surface area contributed by atoms with Gasteiger partial charge in [0, 0.05) is 44.2 Å². The molecule has 0 aliphatic rings. The smallest absolute Gasteiger partial charge is 0.306 e. The number of amides is 1. The highest BCUT2D eigenvalue weighted by Crippen LogP contribution is 2.18. The summed E-state index contributed by atoms with van der Waals surface area (Å²) < 4.78 is 6.55. The van der Waals surface area contributed by atoms with Gasteiger partial charge in [0.05, 0.1) is 18.7 Å². The SMILES string of the molecule is CCOC(=O)CCC(=O)NCc1cncc(-c2ccnn2C)c1. The standard InChI is InChI=1S/C16H20N4O3/c1-3-23-16(22)5-4-15(21)18-10-12-8-13(11-17-9-12)14-6-7-19-20(14)2/h6-9,11H,3-5,10H2,1-2H3,(H,18,21). The zero-order valence-corrected chi connectivity index (χ0v) is 13.3. The second-order valence-corrected chi connectivity index (χ2v) is 5.00. The Balaban J connectivity index is 1.88. The van der Waals surface area contributed by atoms with Crippen molar-refractivity contribution in [1.29, 1.82) is 0 Å². The van der Waals surface area contributed by atoms with Gasteiger partial charge in [-0.05, 0) is 24.6 Å². The highest BCUT2D eigenvalue weighted by molar-refractivity contribution is 5.81. The molecule has 7 heteroatoms. The van der Waals surface area contributed by atoms with Crippen LogP contribution < -0.4 is 5.32 Å². The molecular formula is C16H20N4O3. The zero-order chi connectivity index (χ0) is 16.7. The molecule has 2 aromatic rings. The molecule has 0 spiro atoms. The van der Waals surface area contributed by atoms with Gasteiger partial charge in [0.15, 0.2) is 0 Å². The van der Waals surface area contributed by atoms with Crippen LogP contribution in [0.25, 0.3) is 11.3 Å². The van der Waals surface area contributed by atoms with Crippen LogP contribution in [0.15, 0.2) is 30.7 Å². The Hall–Kier alpha value is -2.70. The number of carbonyl (C=O) groups is 2. The number of carbonyl (C=O) groups excluding carboxylic acids is 2. The number of esters is 1. The largest absolute Gasteiger partial charge is 0.466 e. The summed E-state index contributed by atoms with van der Waals surface area (Å²) in [7, 11) is 1.86. The molecule has 0 saturated heterocycles. The molecule has 0 radical (unpaired) electrons. The van der Waals surface area contributed by atoms with Crippen molar-refractivity contribution in [3.63, 3.8) is 0 Å². The third-order valence-electron chi connectivity index (χ3n) is 3.26. The number of aryl methyl sites for hydroxylation is 1. The average Bonchev–Trinajstić information content (AvgIpc) is 2.97. The lowest BCUT2D eigenvalue weighted by Gasteiger charge is -2.07. The Labute approximate surface area is 134 Å². The van der Waals surface area contributed by atoms with Gasteiger partial charge in [-0.2, -0.15) is 5.10 Å². The second-order valence-electron chi connectivity index (χ2n) is 5.00. The Bertz CT molecular complexity index is 681. The number of hydrogen-bond acceptors (Lipinski definition) is 5. The van der Waals surface area contributed by atoms with E-state index < -0.39 is 0 Å². The van der Waals surface area contributed by atoms with Crippen LogP contribution in [0.1, 0.15) is 25.3 Å². The van der Waals surface area contributed by atoms with Crippen molar-refractivity contribution in [3.05, 3.63) is 36.3 Å². The predicted molar refractivity (Wildman–Crippen MR) is 84.2 cm³/mol. The van der Waals surface area contributed by atoms with Crippen LogP contribution >= 0.6 is 0 Å². The van der Waals surface area contributed by atoms with Gasteiger partial charge in [-0.15, -0.1) is 0 Å². The van der Waals surface area contributed by atoms with Crippen molar-refractivity contribution < 1.29 is 14.3 Å². The molecule has 2 aromatic heterocycles. The molecule has 23 heavy (non-hydrogen) atoms. The summed E-state index contributed by atoms with van der Waals surface area (Å²) in [6.07, 6.45) is 5.38. The number of aromatic nitrogens is 3. The maximum absolute atomic E-state index is 11.7. The fraction of sp³-hybridized carbons (Fsp3) is 0.375. The quantitative estimate of drug-likeness (QED) is 0.781. The number of nitrogens with one attached hydrogen (secondary N) is 1. The lowest BCUT2D eigenvalue weighted by molar-refractivity contribution is -0.144. The fourth-order valence-electron chi connectivity index (χ4n) is 2.12. The molecule has 1 N–H and O–H groups in total. The summed E-state index contributed by atoms with van der Waals surface area (Å²) in [4.78, 5) is 27.1. The molecule has 0 aliphatic carbocycles. The molecule has 0 fully saturated rings. The third-order valence-corrected chi connectivity index (χ3v) is 3.26. The Kier molecular flexibility index (Phi) is 5.85. The molecule has 2 heterocycles. The number of ether oxygens (including phenoxy) is 1. The summed E-state index contributed by atoms with van der Waals surface area (Å²) in [6, 6.07) is 3.86. The Morgan fingerprint density at radius 2 is 2.13 bits per heavy atom. The van der Waals surface area contributed by atoms with E-state index in [0.29, 0.717) is 13.2 Å². The van der Waals surface area contributed by atoms with Crippen LogP contribution in [0.5, 0.6) is 0 Å². The molecule has 0 aromatic carbocycles. The molecule has 0 saturated carbocycles. The minimum absolute atomic E-state index is 0.0903. The van der Waals surface area contributed by atoms with Gasteiger partial charge in [0.25, 0.3) is 0 Å². The van der Waals surface area contributed by atoms with E-state index in [-0.39, 0.29) is 24.7 Å². The van der Waals surface area contributed by atoms with Gasteiger partial charge < -0.3 is 10.1 Å². The minimum Gasteiger partial charge on any atom is -0.466 e. The maximum Gasteiger partial charge on any atom is 0.306 e. The first-order chi connectivity index (χ1) is 11.1. The fourth-order valence-corrected chi connectivity index (χ4v) is 2.12. The minimum atomic E-state index is -0.359. The van der Waals surface area contributed by atoms with Gasteiger partial charge in [0.1, 0.15) is 0 Å². The van der Waals surface area contributed by atoms with Crippen LogP contribution in [0.2, 0.25) is 0 Å². The van der Waals surface area contributed by atoms with E-state index in [1.807, 2.05) is 19.2 Å². The van der Waals surface area contributed by atoms with Crippen LogP contribution in [-0.4, -0.2) is 33.2 Å². The van der Waals surface area contributed by atoms with Crippen molar-refractivity contribution >= 4 is 11.9 Å². The normalized spacial score (nSPS) is 10.3. The summed E-state index contributed by atoms with van der Waals surface area (Å²) in [5.74, 6) is -0.550. The van der Waals surface area contributed by atoms with E-state index in [1.165, 1.54) is 0 Å². The van der Waals surface area contributed by atoms with E-state index in [0.717, 1.165) is 16.8 Å². The van der Waals surface area contributed by atoms with E-state index in [9.17, 15) is 9.59 Å². The molecule has 0 bridgehead atoms. The average molecular weight is 316 g/mol. The van der Waals surface area contributed by atoms with Crippen molar-refractivity contribution in [2.45, 2.75) is 26.3 Å². The molecular weight excluding hydrogens is 296 g/mol. The van der Waals surface area contributed by atoms with E-state index in [2.05, 4.69) is 15.4 Å². The van der Waals surface area contributed by atoms with Gasteiger partial charge >= 0.3 is 5.97 Å². The number of hydrogen-bond donors (Lipinski definition) is 1. The lowest BCUT2D eigenvalue weighted by Crippen LogP contribution is -2.23. The molecule has 7 nitrogen and oxygen atoms in total. The lowest BCUT2D eigenvalue weighted by atomic mass is 10.1. The molecule has 0 aliphatic heterocycles. The number of rotatable bonds is 7. The van der Waals surface area contributed by atoms with Crippen LogP contribution in [0.3, 0.4) is 0 Å². The summed E-state index contributed by atoms with van der Waals surface area (Å²) >= 11 is 0. The van der Waals surface area contributed by atoms with Crippen LogP contribution in [0, 0.1) is 0 Å².